The quantitative estimate of drug-likeness (QED) is 0.698. The number of nitrogens with zero attached hydrogens (tertiary/aromatic N) is 1. The highest BCUT2D eigenvalue weighted by atomic mass is 79.9. The summed E-state index contributed by atoms with van der Waals surface area (Å²) in [4.78, 5) is 15.3. The Labute approximate surface area is 91.2 Å². The molecule has 1 aliphatic rings. The van der Waals surface area contributed by atoms with Gasteiger partial charge in [0.05, 0.1) is 11.9 Å². The van der Waals surface area contributed by atoms with Crippen molar-refractivity contribution in [3.05, 3.63) is 27.2 Å². The van der Waals surface area contributed by atoms with E-state index in [0.29, 0.717) is 6.42 Å². The largest absolute Gasteiger partial charge is 0.293 e. The van der Waals surface area contributed by atoms with Gasteiger partial charge in [-0.2, -0.15) is 0 Å². The molecular formula is C11H10BrNO. The minimum Gasteiger partial charge on any atom is -0.293 e. The van der Waals surface area contributed by atoms with Gasteiger partial charge < -0.3 is 0 Å². The number of aliphatic imine (C=N–C) groups is 1. The molecule has 0 saturated carbocycles. The van der Waals surface area contributed by atoms with Crippen LogP contribution in [-0.4, -0.2) is 12.0 Å². The minimum atomic E-state index is 0.0765. The Bertz CT molecular complexity index is 449. The number of rotatable bonds is 0. The molecule has 1 heterocycles. The van der Waals surface area contributed by atoms with Crippen molar-refractivity contribution in [3.63, 3.8) is 0 Å². The first kappa shape index (κ1) is 9.59. The zero-order valence-corrected chi connectivity index (χ0v) is 9.68. The molecule has 0 aromatic heterocycles. The van der Waals surface area contributed by atoms with Gasteiger partial charge in [-0.3, -0.25) is 9.79 Å². The molecule has 0 unspecified atom stereocenters. The van der Waals surface area contributed by atoms with E-state index in [4.69, 9.17) is 0 Å². The summed E-state index contributed by atoms with van der Waals surface area (Å²) in [6.07, 6.45) is 1.88. The van der Waals surface area contributed by atoms with E-state index in [9.17, 15) is 4.79 Å². The third-order valence-electron chi connectivity index (χ3n) is 2.53. The van der Waals surface area contributed by atoms with Crippen LogP contribution in [-0.2, 0) is 11.2 Å². The molecule has 3 heteroatoms. The fraction of sp³-hybridized carbons (Fsp3) is 0.273. The molecule has 0 atom stereocenters. The molecule has 2 nitrogen and oxygen atoms in total. The Morgan fingerprint density at radius 2 is 2.14 bits per heavy atom. The number of Topliss-reactive ketones (excluding diaryl/α,β-unsaturated/α-hetero) is 1. The van der Waals surface area contributed by atoms with Gasteiger partial charge in [-0.1, -0.05) is 6.07 Å². The summed E-state index contributed by atoms with van der Waals surface area (Å²) in [6.45, 7) is 4.09. The van der Waals surface area contributed by atoms with Crippen LogP contribution < -0.4 is 0 Å². The lowest BCUT2D eigenvalue weighted by Crippen LogP contribution is -2.09. The van der Waals surface area contributed by atoms with E-state index < -0.39 is 0 Å². The summed E-state index contributed by atoms with van der Waals surface area (Å²) < 4.78 is 1.01. The molecule has 1 aromatic carbocycles. The molecule has 1 aliphatic heterocycles. The Balaban J connectivity index is 2.69. The third-order valence-corrected chi connectivity index (χ3v) is 3.50. The van der Waals surface area contributed by atoms with Gasteiger partial charge in [0.15, 0.2) is 5.78 Å². The van der Waals surface area contributed by atoms with Crippen LogP contribution in [0.4, 0.5) is 5.69 Å². The molecular weight excluding hydrogens is 242 g/mol. The minimum absolute atomic E-state index is 0.0765. The van der Waals surface area contributed by atoms with Crippen molar-refractivity contribution in [1.82, 2.24) is 0 Å². The lowest BCUT2D eigenvalue weighted by molar-refractivity contribution is -0.112. The average Bonchev–Trinajstić information content (AvgIpc) is 2.14. The molecule has 0 aliphatic carbocycles. The highest BCUT2D eigenvalue weighted by molar-refractivity contribution is 9.10. The Morgan fingerprint density at radius 1 is 1.43 bits per heavy atom. The Hall–Kier alpha value is -0.960. The summed E-state index contributed by atoms with van der Waals surface area (Å²) in [5, 5.41) is 0. The van der Waals surface area contributed by atoms with Crippen molar-refractivity contribution in [3.8, 4) is 0 Å². The number of halogens is 1. The highest BCUT2D eigenvalue weighted by Gasteiger charge is 2.16. The number of benzene rings is 1. The van der Waals surface area contributed by atoms with Crippen molar-refractivity contribution in [1.29, 1.82) is 0 Å². The summed E-state index contributed by atoms with van der Waals surface area (Å²) in [7, 11) is 0. The van der Waals surface area contributed by atoms with E-state index in [2.05, 4.69) is 20.9 Å². The second kappa shape index (κ2) is 3.31. The van der Waals surface area contributed by atoms with Crippen LogP contribution in [0, 0.1) is 13.8 Å². The maximum Gasteiger partial charge on any atom is 0.178 e. The predicted octanol–water partition coefficient (Wildman–Crippen LogP) is 2.89. The smallest absolute Gasteiger partial charge is 0.178 e. The Kier molecular flexibility index (Phi) is 2.27. The first-order chi connectivity index (χ1) is 6.59. The number of hydrogen-bond acceptors (Lipinski definition) is 2. The van der Waals surface area contributed by atoms with Crippen molar-refractivity contribution in [2.75, 3.05) is 0 Å². The number of carbonyl (C=O) groups is 1. The van der Waals surface area contributed by atoms with Crippen LogP contribution in [0.1, 0.15) is 16.7 Å². The first-order valence-corrected chi connectivity index (χ1v) is 5.24. The van der Waals surface area contributed by atoms with E-state index in [1.54, 1.807) is 0 Å². The van der Waals surface area contributed by atoms with Crippen molar-refractivity contribution >= 4 is 33.6 Å². The van der Waals surface area contributed by atoms with Crippen LogP contribution in [0.15, 0.2) is 15.5 Å². The second-order valence-corrected chi connectivity index (χ2v) is 4.33. The lowest BCUT2D eigenvalue weighted by atomic mass is 9.99. The lowest BCUT2D eigenvalue weighted by Gasteiger charge is -2.14. The van der Waals surface area contributed by atoms with Gasteiger partial charge in [-0.15, -0.1) is 0 Å². The SMILES string of the molecule is Cc1cc2c(c(Br)c1C)N=CC(=O)C2. The fourth-order valence-electron chi connectivity index (χ4n) is 1.57. The number of hydrogen-bond donors (Lipinski definition) is 0. The summed E-state index contributed by atoms with van der Waals surface area (Å²) in [6, 6.07) is 2.05. The van der Waals surface area contributed by atoms with E-state index in [1.165, 1.54) is 17.3 Å². The molecule has 0 N–H and O–H groups in total. The number of aryl methyl sites for hydroxylation is 1. The number of ketones is 1. The molecule has 2 rings (SSSR count). The van der Waals surface area contributed by atoms with Gasteiger partial charge in [-0.25, -0.2) is 0 Å². The van der Waals surface area contributed by atoms with E-state index in [0.717, 1.165) is 15.7 Å². The molecule has 0 amide bonds. The molecule has 0 bridgehead atoms. The van der Waals surface area contributed by atoms with Gasteiger partial charge in [-0.05, 0) is 46.5 Å². The Morgan fingerprint density at radius 3 is 2.86 bits per heavy atom. The van der Waals surface area contributed by atoms with Gasteiger partial charge >= 0.3 is 0 Å². The standard InChI is InChI=1S/C11H10BrNO/c1-6-3-8-4-9(14)5-13-11(8)10(12)7(6)2/h3,5H,4H2,1-2H3. The number of carbonyl (C=O) groups excluding carboxylic acids is 1. The molecule has 72 valence electrons. The van der Waals surface area contributed by atoms with Crippen LogP contribution in [0.3, 0.4) is 0 Å². The van der Waals surface area contributed by atoms with Crippen molar-refractivity contribution in [2.24, 2.45) is 4.99 Å². The zero-order valence-electron chi connectivity index (χ0n) is 8.10. The zero-order chi connectivity index (χ0) is 10.3. The maximum absolute atomic E-state index is 11.2. The van der Waals surface area contributed by atoms with Crippen LogP contribution in [0.5, 0.6) is 0 Å². The van der Waals surface area contributed by atoms with Gasteiger partial charge in [0.1, 0.15) is 0 Å². The molecule has 1 aromatic rings. The molecule has 0 fully saturated rings. The van der Waals surface area contributed by atoms with Crippen molar-refractivity contribution in [2.45, 2.75) is 20.3 Å². The normalized spacial score (nSPS) is 14.4. The molecule has 0 spiro atoms. The summed E-state index contributed by atoms with van der Waals surface area (Å²) >= 11 is 3.51. The monoisotopic (exact) mass is 251 g/mol. The summed E-state index contributed by atoms with van der Waals surface area (Å²) in [5.41, 5.74) is 4.32. The first-order valence-electron chi connectivity index (χ1n) is 4.45. The third kappa shape index (κ3) is 1.42. The molecule has 14 heavy (non-hydrogen) atoms. The van der Waals surface area contributed by atoms with E-state index in [1.807, 2.05) is 19.9 Å². The van der Waals surface area contributed by atoms with Crippen LogP contribution in [0.2, 0.25) is 0 Å². The van der Waals surface area contributed by atoms with Crippen molar-refractivity contribution < 1.29 is 4.79 Å². The van der Waals surface area contributed by atoms with Crippen LogP contribution >= 0.6 is 15.9 Å². The topological polar surface area (TPSA) is 29.4 Å². The molecule has 0 saturated heterocycles. The van der Waals surface area contributed by atoms with Gasteiger partial charge in [0.2, 0.25) is 0 Å². The highest BCUT2D eigenvalue weighted by Crippen LogP contribution is 2.36. The van der Waals surface area contributed by atoms with Gasteiger partial charge in [0, 0.05) is 10.9 Å². The van der Waals surface area contributed by atoms with E-state index >= 15 is 0 Å². The number of fused-ring (bicyclic) bond motifs is 1. The van der Waals surface area contributed by atoms with Crippen LogP contribution in [0.25, 0.3) is 0 Å². The van der Waals surface area contributed by atoms with Gasteiger partial charge in [0.25, 0.3) is 0 Å². The fourth-order valence-corrected chi connectivity index (χ4v) is 2.24. The molecule has 0 radical (unpaired) electrons. The maximum atomic E-state index is 11.2. The second-order valence-electron chi connectivity index (χ2n) is 3.54. The average molecular weight is 252 g/mol. The summed E-state index contributed by atoms with van der Waals surface area (Å²) in [5.74, 6) is 0.0765. The predicted molar refractivity (Wildman–Crippen MR) is 60.5 cm³/mol. The van der Waals surface area contributed by atoms with E-state index in [-0.39, 0.29) is 5.78 Å².